The van der Waals surface area contributed by atoms with Crippen LogP contribution in [0, 0.1) is 5.41 Å². The molecule has 0 unspecified atom stereocenters. The van der Waals surface area contributed by atoms with Crippen LogP contribution in [0.1, 0.15) is 55.3 Å². The van der Waals surface area contributed by atoms with Gasteiger partial charge in [0.15, 0.2) is 0 Å². The summed E-state index contributed by atoms with van der Waals surface area (Å²) in [5.74, 6) is -0.0177. The average Bonchev–Trinajstić information content (AvgIpc) is 3.06. The Kier molecular flexibility index (Phi) is 5.19. The number of carbonyl (C=O) groups excluding carboxylic acids is 2. The molecular formula is C19H26N2O3. The van der Waals surface area contributed by atoms with Crippen LogP contribution >= 0.6 is 0 Å². The Bertz CT molecular complexity index is 608. The smallest absolute Gasteiger partial charge is 0.251 e. The van der Waals surface area contributed by atoms with Crippen LogP contribution in [0.15, 0.2) is 24.3 Å². The molecule has 130 valence electrons. The van der Waals surface area contributed by atoms with Gasteiger partial charge in [0.1, 0.15) is 0 Å². The van der Waals surface area contributed by atoms with E-state index < -0.39 is 0 Å². The van der Waals surface area contributed by atoms with Crippen molar-refractivity contribution in [3.05, 3.63) is 29.8 Å². The summed E-state index contributed by atoms with van der Waals surface area (Å²) in [5, 5.41) is 12.7. The van der Waals surface area contributed by atoms with Gasteiger partial charge in [-0.25, -0.2) is 0 Å². The van der Waals surface area contributed by atoms with E-state index in [1.165, 1.54) is 6.42 Å². The molecule has 1 aromatic carbocycles. The summed E-state index contributed by atoms with van der Waals surface area (Å²) in [6.45, 7) is 1.35. The van der Waals surface area contributed by atoms with Gasteiger partial charge in [-0.05, 0) is 37.5 Å². The zero-order valence-electron chi connectivity index (χ0n) is 14.1. The van der Waals surface area contributed by atoms with Crippen molar-refractivity contribution < 1.29 is 14.7 Å². The van der Waals surface area contributed by atoms with Crippen molar-refractivity contribution in [1.29, 1.82) is 0 Å². The standard InChI is InChI=1S/C19H26N2O3/c22-14-19(9-2-1-3-10-19)13-20-18(24)15-6-4-7-16(12-15)21-11-5-8-17(21)23/h4,6-7,12,22H,1-3,5,8-11,13-14H2,(H,20,24). The Morgan fingerprint density at radius 1 is 1.21 bits per heavy atom. The van der Waals surface area contributed by atoms with Gasteiger partial charge in [0.2, 0.25) is 5.91 Å². The average molecular weight is 330 g/mol. The summed E-state index contributed by atoms with van der Waals surface area (Å²) < 4.78 is 0. The minimum absolute atomic E-state index is 0.119. The van der Waals surface area contributed by atoms with Gasteiger partial charge >= 0.3 is 0 Å². The SMILES string of the molecule is O=C(NCC1(CO)CCCCC1)c1cccc(N2CCCC2=O)c1. The number of amides is 2. The normalized spacial score (nSPS) is 20.2. The summed E-state index contributed by atoms with van der Waals surface area (Å²) in [4.78, 5) is 26.1. The molecule has 0 radical (unpaired) electrons. The van der Waals surface area contributed by atoms with Gasteiger partial charge in [-0.1, -0.05) is 25.3 Å². The van der Waals surface area contributed by atoms with E-state index in [-0.39, 0.29) is 23.8 Å². The second-order valence-electron chi connectivity index (χ2n) is 7.10. The summed E-state index contributed by atoms with van der Waals surface area (Å²) in [5.41, 5.74) is 1.19. The van der Waals surface area contributed by atoms with Gasteiger partial charge in [-0.15, -0.1) is 0 Å². The highest BCUT2D eigenvalue weighted by atomic mass is 16.3. The Balaban J connectivity index is 1.65. The predicted octanol–water partition coefficient (Wildman–Crippen LogP) is 2.49. The fraction of sp³-hybridized carbons (Fsp3) is 0.579. The fourth-order valence-electron chi connectivity index (χ4n) is 3.80. The molecule has 5 heteroatoms. The number of benzene rings is 1. The van der Waals surface area contributed by atoms with Crippen LogP contribution in [-0.2, 0) is 4.79 Å². The Morgan fingerprint density at radius 3 is 2.67 bits per heavy atom. The number of hydrogen-bond donors (Lipinski definition) is 2. The molecule has 24 heavy (non-hydrogen) atoms. The molecule has 0 aromatic heterocycles. The highest BCUT2D eigenvalue weighted by Gasteiger charge is 2.32. The van der Waals surface area contributed by atoms with Crippen molar-refractivity contribution >= 4 is 17.5 Å². The van der Waals surface area contributed by atoms with E-state index in [1.807, 2.05) is 12.1 Å². The molecule has 1 saturated carbocycles. The van der Waals surface area contributed by atoms with Crippen LogP contribution in [0.5, 0.6) is 0 Å². The maximum absolute atomic E-state index is 12.5. The van der Waals surface area contributed by atoms with Crippen molar-refractivity contribution in [2.24, 2.45) is 5.41 Å². The summed E-state index contributed by atoms with van der Waals surface area (Å²) in [6.07, 6.45) is 6.81. The predicted molar refractivity (Wildman–Crippen MR) is 93.0 cm³/mol. The zero-order chi connectivity index (χ0) is 17.0. The molecule has 1 aliphatic carbocycles. The first-order chi connectivity index (χ1) is 11.6. The van der Waals surface area contributed by atoms with E-state index in [2.05, 4.69) is 5.32 Å². The molecule has 5 nitrogen and oxygen atoms in total. The molecule has 1 aliphatic heterocycles. The first-order valence-corrected chi connectivity index (χ1v) is 8.93. The van der Waals surface area contributed by atoms with E-state index in [0.717, 1.165) is 44.3 Å². The number of aliphatic hydroxyl groups excluding tert-OH is 1. The van der Waals surface area contributed by atoms with Gasteiger partial charge in [0.05, 0.1) is 6.61 Å². The van der Waals surface area contributed by atoms with Crippen molar-refractivity contribution in [3.63, 3.8) is 0 Å². The Labute approximate surface area is 143 Å². The van der Waals surface area contributed by atoms with Gasteiger partial charge in [0.25, 0.3) is 5.91 Å². The number of rotatable bonds is 5. The van der Waals surface area contributed by atoms with Crippen LogP contribution in [0.4, 0.5) is 5.69 Å². The highest BCUT2D eigenvalue weighted by molar-refractivity contribution is 5.99. The molecular weight excluding hydrogens is 304 g/mol. The molecule has 2 amide bonds. The van der Waals surface area contributed by atoms with Gasteiger partial charge < -0.3 is 15.3 Å². The molecule has 1 aromatic rings. The van der Waals surface area contributed by atoms with E-state index in [9.17, 15) is 14.7 Å². The Hall–Kier alpha value is -1.88. The highest BCUT2D eigenvalue weighted by Crippen LogP contribution is 2.35. The number of hydrogen-bond acceptors (Lipinski definition) is 3. The first kappa shape index (κ1) is 17.0. The van der Waals surface area contributed by atoms with Gasteiger partial charge in [-0.2, -0.15) is 0 Å². The molecule has 0 bridgehead atoms. The quantitative estimate of drug-likeness (QED) is 0.871. The number of nitrogens with one attached hydrogen (secondary N) is 1. The third-order valence-corrected chi connectivity index (χ3v) is 5.37. The van der Waals surface area contributed by atoms with E-state index in [0.29, 0.717) is 18.5 Å². The van der Waals surface area contributed by atoms with Crippen LogP contribution in [0.2, 0.25) is 0 Å². The van der Waals surface area contributed by atoms with Crippen LogP contribution in [0.25, 0.3) is 0 Å². The van der Waals surface area contributed by atoms with Crippen molar-refractivity contribution in [3.8, 4) is 0 Å². The lowest BCUT2D eigenvalue weighted by molar-refractivity contribution is -0.117. The lowest BCUT2D eigenvalue weighted by Crippen LogP contribution is -2.41. The monoisotopic (exact) mass is 330 g/mol. The third kappa shape index (κ3) is 3.61. The van der Waals surface area contributed by atoms with Crippen LogP contribution in [-0.4, -0.2) is 36.6 Å². The van der Waals surface area contributed by atoms with E-state index in [1.54, 1.807) is 17.0 Å². The lowest BCUT2D eigenvalue weighted by atomic mass is 9.74. The van der Waals surface area contributed by atoms with Crippen molar-refractivity contribution in [1.82, 2.24) is 5.32 Å². The largest absolute Gasteiger partial charge is 0.396 e. The fourth-order valence-corrected chi connectivity index (χ4v) is 3.80. The second-order valence-corrected chi connectivity index (χ2v) is 7.10. The van der Waals surface area contributed by atoms with E-state index in [4.69, 9.17) is 0 Å². The van der Waals surface area contributed by atoms with Gasteiger partial charge in [-0.3, -0.25) is 9.59 Å². The van der Waals surface area contributed by atoms with Crippen molar-refractivity contribution in [2.75, 3.05) is 24.6 Å². The molecule has 2 aliphatic rings. The van der Waals surface area contributed by atoms with Crippen LogP contribution < -0.4 is 10.2 Å². The van der Waals surface area contributed by atoms with E-state index >= 15 is 0 Å². The minimum Gasteiger partial charge on any atom is -0.396 e. The topological polar surface area (TPSA) is 69.6 Å². The lowest BCUT2D eigenvalue weighted by Gasteiger charge is -2.35. The molecule has 1 saturated heterocycles. The maximum Gasteiger partial charge on any atom is 0.251 e. The first-order valence-electron chi connectivity index (χ1n) is 8.93. The molecule has 0 atom stereocenters. The van der Waals surface area contributed by atoms with Crippen LogP contribution in [0.3, 0.4) is 0 Å². The third-order valence-electron chi connectivity index (χ3n) is 5.37. The van der Waals surface area contributed by atoms with Crippen molar-refractivity contribution in [2.45, 2.75) is 44.9 Å². The number of nitrogens with zero attached hydrogens (tertiary/aromatic N) is 1. The maximum atomic E-state index is 12.5. The molecule has 2 N–H and O–H groups in total. The number of anilines is 1. The summed E-state index contributed by atoms with van der Waals surface area (Å²) >= 11 is 0. The number of aliphatic hydroxyl groups is 1. The Morgan fingerprint density at radius 2 is 2.00 bits per heavy atom. The molecule has 0 spiro atoms. The molecule has 2 fully saturated rings. The molecule has 1 heterocycles. The second kappa shape index (κ2) is 7.34. The summed E-state index contributed by atoms with van der Waals surface area (Å²) in [6, 6.07) is 7.24. The minimum atomic E-state index is -0.170. The van der Waals surface area contributed by atoms with Gasteiger partial charge in [0, 0.05) is 36.2 Å². The summed E-state index contributed by atoms with van der Waals surface area (Å²) in [7, 11) is 0. The molecule has 3 rings (SSSR count). The zero-order valence-corrected chi connectivity index (χ0v) is 14.1. The number of carbonyl (C=O) groups is 2.